The second-order valence-electron chi connectivity index (χ2n) is 8.42. The van der Waals surface area contributed by atoms with E-state index in [0.717, 1.165) is 31.9 Å². The zero-order valence-corrected chi connectivity index (χ0v) is 17.6. The van der Waals surface area contributed by atoms with Crippen molar-refractivity contribution in [2.75, 3.05) is 5.32 Å². The quantitative estimate of drug-likeness (QED) is 0.502. The minimum absolute atomic E-state index is 0.118. The summed E-state index contributed by atoms with van der Waals surface area (Å²) in [5.74, 6) is -0.484. The maximum Gasteiger partial charge on any atom is 0.254 e. The molecule has 9 heteroatoms. The van der Waals surface area contributed by atoms with Crippen LogP contribution < -0.4 is 11.1 Å². The van der Waals surface area contributed by atoms with Crippen molar-refractivity contribution in [1.82, 2.24) is 24.6 Å². The van der Waals surface area contributed by atoms with E-state index in [1.807, 2.05) is 0 Å². The first kappa shape index (κ1) is 19.5. The van der Waals surface area contributed by atoms with Crippen molar-refractivity contribution in [2.24, 2.45) is 5.73 Å². The van der Waals surface area contributed by atoms with Crippen LogP contribution in [0.5, 0.6) is 0 Å². The van der Waals surface area contributed by atoms with Gasteiger partial charge in [-0.1, -0.05) is 29.8 Å². The van der Waals surface area contributed by atoms with Crippen molar-refractivity contribution >= 4 is 23.1 Å². The second-order valence-corrected chi connectivity index (χ2v) is 8.42. The van der Waals surface area contributed by atoms with Crippen molar-refractivity contribution in [1.29, 1.82) is 0 Å². The number of rotatable bonds is 4. The molecule has 2 aliphatic carbocycles. The number of benzene rings is 1. The number of hydrogen-bond donors (Lipinski definition) is 2. The van der Waals surface area contributed by atoms with Crippen LogP contribution >= 0.6 is 0 Å². The SMILES string of the molecule is NC(=O)c1cnn2c(N[C@@H]3CCC4=C(C3)c3ccccc3C4)nc(-c3cncc(F)c3)nc12. The molecule has 1 atom stereocenters. The van der Waals surface area contributed by atoms with Crippen LogP contribution in [-0.4, -0.2) is 36.5 Å². The van der Waals surface area contributed by atoms with Gasteiger partial charge in [-0.3, -0.25) is 9.78 Å². The molecule has 1 aromatic carbocycles. The summed E-state index contributed by atoms with van der Waals surface area (Å²) in [5, 5.41) is 7.78. The van der Waals surface area contributed by atoms with E-state index in [1.54, 1.807) is 0 Å². The lowest BCUT2D eigenvalue weighted by atomic mass is 9.88. The highest BCUT2D eigenvalue weighted by atomic mass is 19.1. The third-order valence-corrected chi connectivity index (χ3v) is 6.35. The Morgan fingerprint density at radius 1 is 1.18 bits per heavy atom. The first-order chi connectivity index (χ1) is 16.1. The van der Waals surface area contributed by atoms with E-state index in [1.165, 1.54) is 45.2 Å². The van der Waals surface area contributed by atoms with Crippen LogP contribution in [0.25, 0.3) is 22.6 Å². The minimum atomic E-state index is -0.645. The van der Waals surface area contributed by atoms with Crippen molar-refractivity contribution < 1.29 is 9.18 Å². The Kier molecular flexibility index (Phi) is 4.42. The number of carbonyl (C=O) groups is 1. The van der Waals surface area contributed by atoms with Gasteiger partial charge < -0.3 is 11.1 Å². The number of nitrogens with zero attached hydrogens (tertiary/aromatic N) is 5. The molecule has 0 bridgehead atoms. The van der Waals surface area contributed by atoms with Gasteiger partial charge in [0.2, 0.25) is 5.95 Å². The molecule has 0 aliphatic heterocycles. The van der Waals surface area contributed by atoms with Crippen LogP contribution in [0, 0.1) is 5.82 Å². The molecular formula is C24H20FN7O. The molecule has 4 aromatic rings. The maximum absolute atomic E-state index is 13.8. The lowest BCUT2D eigenvalue weighted by Crippen LogP contribution is -2.25. The number of amides is 1. The van der Waals surface area contributed by atoms with Gasteiger partial charge in [0.25, 0.3) is 5.91 Å². The number of halogens is 1. The molecular weight excluding hydrogens is 421 g/mol. The molecule has 0 radical (unpaired) electrons. The molecule has 3 aromatic heterocycles. The van der Waals surface area contributed by atoms with E-state index in [-0.39, 0.29) is 23.1 Å². The fourth-order valence-corrected chi connectivity index (χ4v) is 4.80. The summed E-state index contributed by atoms with van der Waals surface area (Å²) >= 11 is 0. The molecule has 2 aliphatic rings. The van der Waals surface area contributed by atoms with Gasteiger partial charge in [-0.25, -0.2) is 9.37 Å². The van der Waals surface area contributed by atoms with E-state index in [2.05, 4.69) is 49.6 Å². The van der Waals surface area contributed by atoms with Gasteiger partial charge in [-0.15, -0.1) is 0 Å². The topological polar surface area (TPSA) is 111 Å². The Morgan fingerprint density at radius 2 is 2.06 bits per heavy atom. The van der Waals surface area contributed by atoms with Gasteiger partial charge in [0.15, 0.2) is 11.5 Å². The summed E-state index contributed by atoms with van der Waals surface area (Å²) in [6, 6.07) is 9.96. The number of primary amides is 1. The number of nitrogens with two attached hydrogens (primary N) is 1. The van der Waals surface area contributed by atoms with Crippen molar-refractivity contribution in [3.05, 3.63) is 77.0 Å². The van der Waals surface area contributed by atoms with Gasteiger partial charge in [0.1, 0.15) is 11.4 Å². The van der Waals surface area contributed by atoms with Gasteiger partial charge in [0.05, 0.1) is 12.4 Å². The highest BCUT2D eigenvalue weighted by molar-refractivity contribution is 5.98. The van der Waals surface area contributed by atoms with Crippen molar-refractivity contribution in [3.8, 4) is 11.4 Å². The van der Waals surface area contributed by atoms with Gasteiger partial charge in [-0.05, 0) is 48.4 Å². The largest absolute Gasteiger partial charge is 0.365 e. The summed E-state index contributed by atoms with van der Waals surface area (Å²) in [6.45, 7) is 0. The van der Waals surface area contributed by atoms with E-state index in [0.29, 0.717) is 11.5 Å². The van der Waals surface area contributed by atoms with E-state index in [4.69, 9.17) is 5.73 Å². The third kappa shape index (κ3) is 3.32. The van der Waals surface area contributed by atoms with Crippen molar-refractivity contribution in [3.63, 3.8) is 0 Å². The molecule has 1 amide bonds. The molecule has 0 fully saturated rings. The summed E-state index contributed by atoms with van der Waals surface area (Å²) in [5.41, 5.74) is 12.0. The molecule has 0 unspecified atom stereocenters. The normalized spacial score (nSPS) is 17.2. The first-order valence-electron chi connectivity index (χ1n) is 10.8. The Hall–Kier alpha value is -4.14. The standard InChI is InChI=1S/C24H20FN7O/c25-16-8-15(10-27-11-16)22-30-23-20(21(26)33)12-28-32(23)24(31-22)29-17-6-5-14-7-13-3-1-2-4-18(13)19(14)9-17/h1-4,8,10-12,17H,5-7,9H2,(H2,26,33)(H,29,30,31)/t17-/m1/s1. The number of carbonyl (C=O) groups excluding carboxylic acids is 1. The minimum Gasteiger partial charge on any atom is -0.365 e. The molecule has 3 heterocycles. The summed E-state index contributed by atoms with van der Waals surface area (Å²) in [6.07, 6.45) is 7.79. The van der Waals surface area contributed by atoms with Crippen molar-refractivity contribution in [2.45, 2.75) is 31.7 Å². The fourth-order valence-electron chi connectivity index (χ4n) is 4.80. The second kappa shape index (κ2) is 7.47. The highest BCUT2D eigenvalue weighted by Gasteiger charge is 2.29. The van der Waals surface area contributed by atoms with Crippen LogP contribution in [-0.2, 0) is 6.42 Å². The smallest absolute Gasteiger partial charge is 0.254 e. The third-order valence-electron chi connectivity index (χ3n) is 6.35. The van der Waals surface area contributed by atoms with Crippen LogP contribution in [0.2, 0.25) is 0 Å². The Balaban J connectivity index is 1.39. The average Bonchev–Trinajstić information content (AvgIpc) is 3.41. The zero-order valence-electron chi connectivity index (χ0n) is 17.6. The number of pyridine rings is 1. The van der Waals surface area contributed by atoms with Crippen LogP contribution in [0.3, 0.4) is 0 Å². The van der Waals surface area contributed by atoms with E-state index >= 15 is 0 Å². The lowest BCUT2D eigenvalue weighted by molar-refractivity contribution is 0.100. The Morgan fingerprint density at radius 3 is 2.91 bits per heavy atom. The number of fused-ring (bicyclic) bond motifs is 3. The van der Waals surface area contributed by atoms with Gasteiger partial charge in [0, 0.05) is 17.8 Å². The number of aromatic nitrogens is 5. The molecule has 0 saturated carbocycles. The predicted molar refractivity (Wildman–Crippen MR) is 121 cm³/mol. The maximum atomic E-state index is 13.8. The molecule has 33 heavy (non-hydrogen) atoms. The summed E-state index contributed by atoms with van der Waals surface area (Å²) in [7, 11) is 0. The zero-order chi connectivity index (χ0) is 22.5. The van der Waals surface area contributed by atoms with Gasteiger partial charge in [-0.2, -0.15) is 14.6 Å². The molecule has 3 N–H and O–H groups in total. The number of nitrogens with one attached hydrogen (secondary N) is 1. The van der Waals surface area contributed by atoms with Crippen LogP contribution in [0.15, 0.2) is 54.5 Å². The Labute approximate surface area is 188 Å². The van der Waals surface area contributed by atoms with E-state index < -0.39 is 11.7 Å². The number of anilines is 1. The summed E-state index contributed by atoms with van der Waals surface area (Å²) in [4.78, 5) is 24.9. The predicted octanol–water partition coefficient (Wildman–Crippen LogP) is 3.40. The Bertz CT molecular complexity index is 1460. The van der Waals surface area contributed by atoms with Crippen LogP contribution in [0.4, 0.5) is 10.3 Å². The fraction of sp³-hybridized carbons (Fsp3) is 0.208. The molecule has 8 nitrogen and oxygen atoms in total. The number of hydrogen-bond acceptors (Lipinski definition) is 6. The van der Waals surface area contributed by atoms with E-state index in [9.17, 15) is 9.18 Å². The molecule has 0 spiro atoms. The molecule has 0 saturated heterocycles. The molecule has 164 valence electrons. The molecule has 6 rings (SSSR count). The number of allylic oxidation sites excluding steroid dienone is 1. The lowest BCUT2D eigenvalue weighted by Gasteiger charge is -2.26. The van der Waals surface area contributed by atoms with Crippen LogP contribution in [0.1, 0.15) is 40.7 Å². The average molecular weight is 441 g/mol. The highest BCUT2D eigenvalue weighted by Crippen LogP contribution is 2.42. The summed E-state index contributed by atoms with van der Waals surface area (Å²) < 4.78 is 15.3. The first-order valence-corrected chi connectivity index (χ1v) is 10.8. The van der Waals surface area contributed by atoms with Gasteiger partial charge >= 0.3 is 0 Å². The monoisotopic (exact) mass is 441 g/mol.